The third kappa shape index (κ3) is 2.98. The van der Waals surface area contributed by atoms with Gasteiger partial charge < -0.3 is 9.72 Å². The van der Waals surface area contributed by atoms with Crippen molar-refractivity contribution in [3.05, 3.63) is 48.4 Å². The standard InChI is InChI=1S/C15H18N6O/c1-11(8-20-10-16-9-17-20)18-15(22)7-13-12(2)19-14-5-3-4-6-21(13)14/h3-6,9-11H,7-8H2,1-2H3,(H,18,22)/t11-/m1/s1. The van der Waals surface area contributed by atoms with Crippen LogP contribution < -0.4 is 5.32 Å². The van der Waals surface area contributed by atoms with Crippen LogP contribution in [0.15, 0.2) is 37.1 Å². The first kappa shape index (κ1) is 14.2. The molecule has 0 bridgehead atoms. The number of aryl methyl sites for hydroxylation is 1. The lowest BCUT2D eigenvalue weighted by molar-refractivity contribution is -0.121. The van der Waals surface area contributed by atoms with Crippen LogP contribution in [0.5, 0.6) is 0 Å². The van der Waals surface area contributed by atoms with Crippen LogP contribution in [0.2, 0.25) is 0 Å². The second kappa shape index (κ2) is 5.97. The van der Waals surface area contributed by atoms with Gasteiger partial charge in [-0.15, -0.1) is 0 Å². The van der Waals surface area contributed by atoms with Crippen LogP contribution in [-0.2, 0) is 17.8 Å². The fourth-order valence-electron chi connectivity index (χ4n) is 2.51. The zero-order valence-electron chi connectivity index (χ0n) is 12.6. The van der Waals surface area contributed by atoms with Crippen molar-refractivity contribution in [2.75, 3.05) is 0 Å². The summed E-state index contributed by atoms with van der Waals surface area (Å²) in [4.78, 5) is 20.6. The van der Waals surface area contributed by atoms with Crippen LogP contribution in [0.25, 0.3) is 5.65 Å². The Labute approximate surface area is 128 Å². The molecular weight excluding hydrogens is 280 g/mol. The van der Waals surface area contributed by atoms with Crippen molar-refractivity contribution < 1.29 is 4.79 Å². The highest BCUT2D eigenvalue weighted by Crippen LogP contribution is 2.12. The molecular formula is C15H18N6O. The van der Waals surface area contributed by atoms with Crippen molar-refractivity contribution in [1.82, 2.24) is 29.5 Å². The largest absolute Gasteiger partial charge is 0.351 e. The number of carbonyl (C=O) groups excluding carboxylic acids is 1. The maximum absolute atomic E-state index is 12.2. The van der Waals surface area contributed by atoms with E-state index in [4.69, 9.17) is 0 Å². The molecule has 1 N–H and O–H groups in total. The molecule has 114 valence electrons. The fraction of sp³-hybridized carbons (Fsp3) is 0.333. The van der Waals surface area contributed by atoms with Gasteiger partial charge in [-0.25, -0.2) is 9.97 Å². The third-order valence-corrected chi connectivity index (χ3v) is 3.49. The first-order chi connectivity index (χ1) is 10.6. The molecule has 3 rings (SSSR count). The average molecular weight is 298 g/mol. The lowest BCUT2D eigenvalue weighted by atomic mass is 10.2. The Morgan fingerprint density at radius 1 is 1.41 bits per heavy atom. The SMILES string of the molecule is Cc1nc2ccccn2c1CC(=O)N[C@H](C)Cn1cncn1. The minimum Gasteiger partial charge on any atom is -0.351 e. The number of rotatable bonds is 5. The minimum atomic E-state index is -0.0265. The maximum Gasteiger partial charge on any atom is 0.226 e. The van der Waals surface area contributed by atoms with Gasteiger partial charge in [0.15, 0.2) is 0 Å². The Morgan fingerprint density at radius 2 is 2.27 bits per heavy atom. The molecule has 0 fully saturated rings. The van der Waals surface area contributed by atoms with Crippen LogP contribution in [0.4, 0.5) is 0 Å². The fourth-order valence-corrected chi connectivity index (χ4v) is 2.51. The van der Waals surface area contributed by atoms with Crippen LogP contribution in [0, 0.1) is 6.92 Å². The van der Waals surface area contributed by atoms with E-state index in [0.29, 0.717) is 13.0 Å². The van der Waals surface area contributed by atoms with E-state index in [9.17, 15) is 4.79 Å². The van der Waals surface area contributed by atoms with E-state index in [2.05, 4.69) is 20.4 Å². The van der Waals surface area contributed by atoms with Gasteiger partial charge in [0.25, 0.3) is 0 Å². The van der Waals surface area contributed by atoms with E-state index in [1.54, 1.807) is 11.0 Å². The minimum absolute atomic E-state index is 0.0197. The van der Waals surface area contributed by atoms with Gasteiger partial charge in [-0.3, -0.25) is 9.48 Å². The molecule has 22 heavy (non-hydrogen) atoms. The van der Waals surface area contributed by atoms with Crippen LogP contribution in [0.3, 0.4) is 0 Å². The predicted octanol–water partition coefficient (Wildman–Crippen LogP) is 0.982. The monoisotopic (exact) mass is 298 g/mol. The second-order valence-electron chi connectivity index (χ2n) is 5.34. The molecule has 0 aliphatic carbocycles. The second-order valence-corrected chi connectivity index (χ2v) is 5.34. The Balaban J connectivity index is 1.67. The summed E-state index contributed by atoms with van der Waals surface area (Å²) >= 11 is 0. The van der Waals surface area contributed by atoms with E-state index >= 15 is 0 Å². The number of pyridine rings is 1. The van der Waals surface area contributed by atoms with Crippen molar-refractivity contribution in [2.45, 2.75) is 32.9 Å². The van der Waals surface area contributed by atoms with Gasteiger partial charge in [-0.1, -0.05) is 6.07 Å². The van der Waals surface area contributed by atoms with Crippen molar-refractivity contribution in [3.63, 3.8) is 0 Å². The molecule has 3 aromatic rings. The van der Waals surface area contributed by atoms with Gasteiger partial charge in [-0.2, -0.15) is 5.10 Å². The number of carbonyl (C=O) groups is 1. The summed E-state index contributed by atoms with van der Waals surface area (Å²) in [6.45, 7) is 4.47. The summed E-state index contributed by atoms with van der Waals surface area (Å²) in [7, 11) is 0. The summed E-state index contributed by atoms with van der Waals surface area (Å²) in [5.74, 6) is -0.0265. The molecule has 0 aromatic carbocycles. The van der Waals surface area contributed by atoms with E-state index in [1.165, 1.54) is 6.33 Å². The number of imidazole rings is 1. The molecule has 0 spiro atoms. The summed E-state index contributed by atoms with van der Waals surface area (Å²) < 4.78 is 3.65. The highest BCUT2D eigenvalue weighted by molar-refractivity contribution is 5.79. The Morgan fingerprint density at radius 3 is 3.05 bits per heavy atom. The van der Waals surface area contributed by atoms with Gasteiger partial charge in [0.05, 0.1) is 24.4 Å². The van der Waals surface area contributed by atoms with E-state index < -0.39 is 0 Å². The summed E-state index contributed by atoms with van der Waals surface area (Å²) in [6.07, 6.45) is 5.35. The zero-order valence-corrected chi connectivity index (χ0v) is 12.6. The molecule has 0 saturated heterocycles. The zero-order chi connectivity index (χ0) is 15.5. The van der Waals surface area contributed by atoms with Gasteiger partial charge in [0, 0.05) is 12.2 Å². The molecule has 0 unspecified atom stereocenters. The predicted molar refractivity (Wildman–Crippen MR) is 81.3 cm³/mol. The summed E-state index contributed by atoms with van der Waals surface area (Å²) in [5.41, 5.74) is 2.66. The molecule has 7 heteroatoms. The topological polar surface area (TPSA) is 77.1 Å². The van der Waals surface area contributed by atoms with Crippen LogP contribution in [-0.4, -0.2) is 36.1 Å². The van der Waals surface area contributed by atoms with E-state index in [1.807, 2.05) is 42.6 Å². The van der Waals surface area contributed by atoms with Crippen molar-refractivity contribution in [2.24, 2.45) is 0 Å². The van der Waals surface area contributed by atoms with E-state index in [0.717, 1.165) is 17.0 Å². The number of hydrogen-bond acceptors (Lipinski definition) is 4. The number of nitrogens with zero attached hydrogens (tertiary/aromatic N) is 5. The lowest BCUT2D eigenvalue weighted by Gasteiger charge is -2.13. The Kier molecular flexibility index (Phi) is 3.86. The maximum atomic E-state index is 12.2. The van der Waals surface area contributed by atoms with Gasteiger partial charge in [0.1, 0.15) is 18.3 Å². The smallest absolute Gasteiger partial charge is 0.226 e. The summed E-state index contributed by atoms with van der Waals surface area (Å²) in [5, 5.41) is 7.01. The highest BCUT2D eigenvalue weighted by atomic mass is 16.1. The molecule has 0 saturated carbocycles. The number of nitrogens with one attached hydrogen (secondary N) is 1. The average Bonchev–Trinajstić information content (AvgIpc) is 3.08. The first-order valence-corrected chi connectivity index (χ1v) is 7.18. The number of fused-ring (bicyclic) bond motifs is 1. The van der Waals surface area contributed by atoms with Crippen molar-refractivity contribution in [3.8, 4) is 0 Å². The molecule has 1 amide bonds. The van der Waals surface area contributed by atoms with Gasteiger partial charge in [-0.05, 0) is 26.0 Å². The number of hydrogen-bond donors (Lipinski definition) is 1. The van der Waals surface area contributed by atoms with Crippen LogP contribution >= 0.6 is 0 Å². The normalized spacial score (nSPS) is 12.5. The molecule has 1 atom stereocenters. The quantitative estimate of drug-likeness (QED) is 0.762. The Hall–Kier alpha value is -2.70. The summed E-state index contributed by atoms with van der Waals surface area (Å²) in [6, 6.07) is 5.78. The molecule has 0 aliphatic rings. The van der Waals surface area contributed by atoms with Gasteiger partial charge in [0.2, 0.25) is 5.91 Å². The lowest BCUT2D eigenvalue weighted by Crippen LogP contribution is -2.37. The molecule has 0 radical (unpaired) electrons. The third-order valence-electron chi connectivity index (χ3n) is 3.49. The number of amides is 1. The van der Waals surface area contributed by atoms with Crippen molar-refractivity contribution in [1.29, 1.82) is 0 Å². The Bertz CT molecular complexity index is 777. The van der Waals surface area contributed by atoms with E-state index in [-0.39, 0.29) is 11.9 Å². The number of aromatic nitrogens is 5. The van der Waals surface area contributed by atoms with Crippen molar-refractivity contribution >= 4 is 11.6 Å². The highest BCUT2D eigenvalue weighted by Gasteiger charge is 2.14. The molecule has 3 aromatic heterocycles. The van der Waals surface area contributed by atoms with Crippen LogP contribution in [0.1, 0.15) is 18.3 Å². The molecule has 3 heterocycles. The van der Waals surface area contributed by atoms with Gasteiger partial charge >= 0.3 is 0 Å². The first-order valence-electron chi connectivity index (χ1n) is 7.18. The molecule has 7 nitrogen and oxygen atoms in total. The molecule has 0 aliphatic heterocycles.